The van der Waals surface area contributed by atoms with Gasteiger partial charge < -0.3 is 4.42 Å². The molecule has 0 N–H and O–H groups in total. The summed E-state index contributed by atoms with van der Waals surface area (Å²) in [7, 11) is 0. The third kappa shape index (κ3) is 2.74. The number of thioether (sulfide) groups is 1. The van der Waals surface area contributed by atoms with Gasteiger partial charge in [-0.25, -0.2) is 9.37 Å². The number of aromatic nitrogens is 1. The number of para-hydroxylation sites is 2. The van der Waals surface area contributed by atoms with Crippen molar-refractivity contribution in [3.05, 3.63) is 58.9 Å². The summed E-state index contributed by atoms with van der Waals surface area (Å²) in [6.07, 6.45) is 0. The average molecular weight is 294 g/mol. The van der Waals surface area contributed by atoms with Crippen LogP contribution in [-0.2, 0) is 5.75 Å². The molecule has 0 radical (unpaired) electrons. The highest BCUT2D eigenvalue weighted by Crippen LogP contribution is 2.27. The smallest absolute Gasteiger partial charge is 0.257 e. The molecule has 0 aliphatic carbocycles. The van der Waals surface area contributed by atoms with Crippen LogP contribution in [0.5, 0.6) is 0 Å². The number of fused-ring (bicyclic) bond motifs is 1. The fourth-order valence-electron chi connectivity index (χ4n) is 1.69. The third-order valence-corrected chi connectivity index (χ3v) is 3.75. The molecule has 0 aliphatic rings. The molecule has 0 amide bonds. The van der Waals surface area contributed by atoms with E-state index in [1.807, 2.05) is 24.3 Å². The van der Waals surface area contributed by atoms with Crippen LogP contribution in [-0.4, -0.2) is 4.98 Å². The van der Waals surface area contributed by atoms with Crippen molar-refractivity contribution in [2.24, 2.45) is 0 Å². The van der Waals surface area contributed by atoms with E-state index in [1.165, 1.54) is 17.8 Å². The quantitative estimate of drug-likeness (QED) is 0.642. The number of oxazole rings is 1. The second-order valence-corrected chi connectivity index (χ2v) is 5.33. The van der Waals surface area contributed by atoms with E-state index in [0.29, 0.717) is 21.6 Å². The first-order valence-corrected chi connectivity index (χ1v) is 7.01. The molecule has 0 aliphatic heterocycles. The number of rotatable bonds is 3. The Labute approximate surface area is 118 Å². The number of nitrogens with zero attached hydrogens (tertiary/aromatic N) is 1. The van der Waals surface area contributed by atoms with E-state index >= 15 is 0 Å². The minimum Gasteiger partial charge on any atom is -0.431 e. The summed E-state index contributed by atoms with van der Waals surface area (Å²) < 4.78 is 19.2. The standard InChI is InChI=1S/C14H9ClFNOS/c15-10-6-5-9(11(16)7-10)8-19-14-17-12-3-1-2-4-13(12)18-14/h1-7H,8H2. The van der Waals surface area contributed by atoms with Crippen molar-refractivity contribution in [2.75, 3.05) is 0 Å². The van der Waals surface area contributed by atoms with E-state index in [2.05, 4.69) is 4.98 Å². The summed E-state index contributed by atoms with van der Waals surface area (Å²) in [5.41, 5.74) is 2.12. The molecule has 3 aromatic rings. The maximum atomic E-state index is 13.6. The molecule has 3 rings (SSSR count). The van der Waals surface area contributed by atoms with E-state index in [-0.39, 0.29) is 5.82 Å². The van der Waals surface area contributed by atoms with Crippen molar-refractivity contribution in [3.63, 3.8) is 0 Å². The molecule has 2 nitrogen and oxygen atoms in total. The van der Waals surface area contributed by atoms with Crippen LogP contribution in [0, 0.1) is 5.82 Å². The minimum absolute atomic E-state index is 0.309. The molecule has 0 saturated carbocycles. The van der Waals surface area contributed by atoms with Crippen LogP contribution >= 0.6 is 23.4 Å². The van der Waals surface area contributed by atoms with Crippen LogP contribution in [0.25, 0.3) is 11.1 Å². The van der Waals surface area contributed by atoms with Crippen LogP contribution in [0.15, 0.2) is 52.1 Å². The number of benzene rings is 2. The summed E-state index contributed by atoms with van der Waals surface area (Å²) in [4.78, 5) is 4.32. The third-order valence-electron chi connectivity index (χ3n) is 2.64. The molecule has 0 spiro atoms. The largest absolute Gasteiger partial charge is 0.431 e. The zero-order valence-electron chi connectivity index (χ0n) is 9.77. The Hall–Kier alpha value is -1.52. The lowest BCUT2D eigenvalue weighted by atomic mass is 10.2. The first-order chi connectivity index (χ1) is 9.22. The lowest BCUT2D eigenvalue weighted by Gasteiger charge is -2.00. The first kappa shape index (κ1) is 12.5. The molecule has 0 fully saturated rings. The molecular weight excluding hydrogens is 285 g/mol. The maximum absolute atomic E-state index is 13.6. The average Bonchev–Trinajstić information content (AvgIpc) is 2.80. The zero-order chi connectivity index (χ0) is 13.2. The van der Waals surface area contributed by atoms with Crippen molar-refractivity contribution >= 4 is 34.5 Å². The number of hydrogen-bond acceptors (Lipinski definition) is 3. The highest BCUT2D eigenvalue weighted by atomic mass is 35.5. The van der Waals surface area contributed by atoms with E-state index in [1.54, 1.807) is 12.1 Å². The van der Waals surface area contributed by atoms with Crippen LogP contribution < -0.4 is 0 Å². The van der Waals surface area contributed by atoms with Crippen LogP contribution in [0.3, 0.4) is 0 Å². The first-order valence-electron chi connectivity index (χ1n) is 5.65. The van der Waals surface area contributed by atoms with Gasteiger partial charge in [0.15, 0.2) is 5.58 Å². The second kappa shape index (κ2) is 5.23. The van der Waals surface area contributed by atoms with Gasteiger partial charge >= 0.3 is 0 Å². The summed E-state index contributed by atoms with van der Waals surface area (Å²) in [6, 6.07) is 12.2. The normalized spacial score (nSPS) is 11.1. The van der Waals surface area contributed by atoms with Crippen molar-refractivity contribution in [2.45, 2.75) is 11.0 Å². The van der Waals surface area contributed by atoms with Crippen molar-refractivity contribution in [1.82, 2.24) is 4.98 Å². The van der Waals surface area contributed by atoms with Gasteiger partial charge in [0.05, 0.1) is 0 Å². The van der Waals surface area contributed by atoms with Gasteiger partial charge in [0.25, 0.3) is 5.22 Å². The molecule has 0 unspecified atom stereocenters. The Bertz CT molecular complexity index is 695. The molecule has 2 aromatic carbocycles. The summed E-state index contributed by atoms with van der Waals surface area (Å²) in [5.74, 6) is 0.145. The van der Waals surface area contributed by atoms with Gasteiger partial charge in [0, 0.05) is 10.8 Å². The summed E-state index contributed by atoms with van der Waals surface area (Å²) in [5, 5.41) is 0.934. The predicted octanol–water partition coefficient (Wildman–Crippen LogP) is 4.91. The Morgan fingerprint density at radius 2 is 2.05 bits per heavy atom. The predicted molar refractivity (Wildman–Crippen MR) is 75.0 cm³/mol. The number of hydrogen-bond donors (Lipinski definition) is 0. The molecule has 5 heteroatoms. The van der Waals surface area contributed by atoms with E-state index in [9.17, 15) is 4.39 Å². The lowest BCUT2D eigenvalue weighted by molar-refractivity contribution is 0.489. The summed E-state index contributed by atoms with van der Waals surface area (Å²) in [6.45, 7) is 0. The van der Waals surface area contributed by atoms with Gasteiger partial charge in [-0.1, -0.05) is 41.6 Å². The Morgan fingerprint density at radius 3 is 2.84 bits per heavy atom. The van der Waals surface area contributed by atoms with E-state index in [0.717, 1.165) is 11.1 Å². The Morgan fingerprint density at radius 1 is 1.21 bits per heavy atom. The molecule has 96 valence electrons. The van der Waals surface area contributed by atoms with Gasteiger partial charge in [0.1, 0.15) is 11.3 Å². The highest BCUT2D eigenvalue weighted by molar-refractivity contribution is 7.98. The monoisotopic (exact) mass is 293 g/mol. The molecule has 1 aromatic heterocycles. The molecule has 1 heterocycles. The van der Waals surface area contributed by atoms with Crippen molar-refractivity contribution in [3.8, 4) is 0 Å². The van der Waals surface area contributed by atoms with E-state index < -0.39 is 0 Å². The van der Waals surface area contributed by atoms with Crippen LogP contribution in [0.1, 0.15) is 5.56 Å². The molecule has 0 atom stereocenters. The fourth-order valence-corrected chi connectivity index (χ4v) is 2.67. The van der Waals surface area contributed by atoms with Gasteiger partial charge in [-0.3, -0.25) is 0 Å². The Kier molecular flexibility index (Phi) is 3.44. The molecule has 0 saturated heterocycles. The van der Waals surface area contributed by atoms with Crippen LogP contribution in [0.4, 0.5) is 4.39 Å². The SMILES string of the molecule is Fc1cc(Cl)ccc1CSc1nc2ccccc2o1. The molecular formula is C14H9ClFNOS. The number of halogens is 2. The second-order valence-electron chi connectivity index (χ2n) is 3.97. The molecule has 19 heavy (non-hydrogen) atoms. The zero-order valence-corrected chi connectivity index (χ0v) is 11.3. The van der Waals surface area contributed by atoms with Gasteiger partial charge in [-0.2, -0.15) is 0 Å². The minimum atomic E-state index is -0.309. The fraction of sp³-hybridized carbons (Fsp3) is 0.0714. The summed E-state index contributed by atoms with van der Waals surface area (Å²) >= 11 is 7.07. The van der Waals surface area contributed by atoms with Crippen LogP contribution in [0.2, 0.25) is 5.02 Å². The van der Waals surface area contributed by atoms with E-state index in [4.69, 9.17) is 16.0 Å². The lowest BCUT2D eigenvalue weighted by Crippen LogP contribution is -1.87. The topological polar surface area (TPSA) is 26.0 Å². The maximum Gasteiger partial charge on any atom is 0.257 e. The van der Waals surface area contributed by atoms with Gasteiger partial charge in [0.2, 0.25) is 0 Å². The Balaban J connectivity index is 1.78. The van der Waals surface area contributed by atoms with Crippen molar-refractivity contribution < 1.29 is 8.81 Å². The van der Waals surface area contributed by atoms with Gasteiger partial charge in [-0.15, -0.1) is 0 Å². The highest BCUT2D eigenvalue weighted by Gasteiger charge is 2.08. The molecule has 0 bridgehead atoms. The van der Waals surface area contributed by atoms with Crippen molar-refractivity contribution in [1.29, 1.82) is 0 Å². The van der Waals surface area contributed by atoms with Gasteiger partial charge in [-0.05, 0) is 29.8 Å².